The van der Waals surface area contributed by atoms with Crippen LogP contribution in [-0.4, -0.2) is 16.0 Å². The first-order valence-corrected chi connectivity index (χ1v) is 6.89. The molecule has 2 heterocycles. The summed E-state index contributed by atoms with van der Waals surface area (Å²) >= 11 is 1.64. The highest BCUT2D eigenvalue weighted by molar-refractivity contribution is 7.18. The zero-order valence-electron chi connectivity index (χ0n) is 11.5. The third-order valence-corrected chi connectivity index (χ3v) is 4.13. The molecule has 0 amide bonds. The van der Waals surface area contributed by atoms with Crippen molar-refractivity contribution < 1.29 is 0 Å². The molecule has 0 aliphatic heterocycles. The number of nitrogen functional groups attached to an aromatic ring is 1. The highest BCUT2D eigenvalue weighted by atomic mass is 32.1. The lowest BCUT2D eigenvalue weighted by molar-refractivity contribution is 0.359. The SMILES string of the molecule is Cc1cc2c(NC(C)C(C)(C)C)nc(N)nc2s1. The van der Waals surface area contributed by atoms with Crippen molar-refractivity contribution in [1.82, 2.24) is 9.97 Å². The van der Waals surface area contributed by atoms with Gasteiger partial charge in [0.15, 0.2) is 0 Å². The largest absolute Gasteiger partial charge is 0.368 e. The Labute approximate surface area is 112 Å². The molecule has 0 bridgehead atoms. The van der Waals surface area contributed by atoms with E-state index in [1.54, 1.807) is 11.3 Å². The molecule has 98 valence electrons. The number of nitrogens with zero attached hydrogens (tertiary/aromatic N) is 2. The molecule has 0 aromatic carbocycles. The van der Waals surface area contributed by atoms with Crippen molar-refractivity contribution in [3.63, 3.8) is 0 Å². The van der Waals surface area contributed by atoms with Crippen molar-refractivity contribution in [2.75, 3.05) is 11.1 Å². The average Bonchev–Trinajstić information content (AvgIpc) is 2.56. The van der Waals surface area contributed by atoms with E-state index in [4.69, 9.17) is 5.73 Å². The van der Waals surface area contributed by atoms with Gasteiger partial charge in [-0.1, -0.05) is 20.8 Å². The summed E-state index contributed by atoms with van der Waals surface area (Å²) in [6, 6.07) is 2.41. The molecule has 2 aromatic heterocycles. The zero-order valence-corrected chi connectivity index (χ0v) is 12.4. The number of fused-ring (bicyclic) bond motifs is 1. The summed E-state index contributed by atoms with van der Waals surface area (Å²) in [7, 11) is 0. The first-order valence-electron chi connectivity index (χ1n) is 6.07. The lowest BCUT2D eigenvalue weighted by atomic mass is 9.88. The summed E-state index contributed by atoms with van der Waals surface area (Å²) < 4.78 is 0. The number of nitrogens with one attached hydrogen (secondary N) is 1. The third-order valence-electron chi connectivity index (χ3n) is 3.19. The molecule has 0 saturated carbocycles. The van der Waals surface area contributed by atoms with Gasteiger partial charge in [-0.2, -0.15) is 4.98 Å². The van der Waals surface area contributed by atoms with Crippen molar-refractivity contribution in [3.05, 3.63) is 10.9 Å². The first-order chi connectivity index (χ1) is 8.27. The van der Waals surface area contributed by atoms with Crippen molar-refractivity contribution in [2.45, 2.75) is 40.7 Å². The predicted octanol–water partition coefficient (Wildman–Crippen LogP) is 3.43. The molecule has 0 aliphatic rings. The van der Waals surface area contributed by atoms with E-state index >= 15 is 0 Å². The lowest BCUT2D eigenvalue weighted by Crippen LogP contribution is -2.31. The van der Waals surface area contributed by atoms with Crippen LogP contribution in [0.2, 0.25) is 0 Å². The van der Waals surface area contributed by atoms with Crippen LogP contribution >= 0.6 is 11.3 Å². The summed E-state index contributed by atoms with van der Waals surface area (Å²) in [5.74, 6) is 1.16. The zero-order chi connectivity index (χ0) is 13.5. The molecular weight excluding hydrogens is 244 g/mol. The lowest BCUT2D eigenvalue weighted by Gasteiger charge is -2.28. The van der Waals surface area contributed by atoms with Crippen LogP contribution in [0.15, 0.2) is 6.07 Å². The van der Waals surface area contributed by atoms with Crippen LogP contribution in [0, 0.1) is 12.3 Å². The summed E-state index contributed by atoms with van der Waals surface area (Å²) in [4.78, 5) is 10.8. The summed E-state index contributed by atoms with van der Waals surface area (Å²) in [5.41, 5.74) is 5.93. The minimum atomic E-state index is 0.164. The van der Waals surface area contributed by atoms with Crippen LogP contribution < -0.4 is 11.1 Å². The number of nitrogens with two attached hydrogens (primary N) is 1. The first kappa shape index (κ1) is 13.1. The van der Waals surface area contributed by atoms with Gasteiger partial charge in [0.1, 0.15) is 10.6 Å². The fraction of sp³-hybridized carbons (Fsp3) is 0.538. The highest BCUT2D eigenvalue weighted by Gasteiger charge is 2.21. The Kier molecular flexibility index (Phi) is 3.19. The minimum Gasteiger partial charge on any atom is -0.368 e. The number of hydrogen-bond acceptors (Lipinski definition) is 5. The molecule has 18 heavy (non-hydrogen) atoms. The van der Waals surface area contributed by atoms with E-state index in [9.17, 15) is 0 Å². The Bertz CT molecular complexity index is 568. The van der Waals surface area contributed by atoms with Gasteiger partial charge in [0.2, 0.25) is 5.95 Å². The van der Waals surface area contributed by atoms with Gasteiger partial charge in [0.25, 0.3) is 0 Å². The number of aryl methyl sites for hydroxylation is 1. The molecule has 0 fully saturated rings. The van der Waals surface area contributed by atoms with Gasteiger partial charge < -0.3 is 11.1 Å². The molecule has 0 aliphatic carbocycles. The maximum Gasteiger partial charge on any atom is 0.223 e. The third kappa shape index (κ3) is 2.56. The predicted molar refractivity (Wildman–Crippen MR) is 79.1 cm³/mol. The van der Waals surface area contributed by atoms with E-state index in [1.807, 2.05) is 0 Å². The fourth-order valence-corrected chi connectivity index (χ4v) is 2.48. The van der Waals surface area contributed by atoms with Gasteiger partial charge >= 0.3 is 0 Å². The number of rotatable bonds is 2. The van der Waals surface area contributed by atoms with E-state index in [0.717, 1.165) is 16.0 Å². The molecule has 3 N–H and O–H groups in total. The quantitative estimate of drug-likeness (QED) is 0.872. The Morgan fingerprint density at radius 2 is 2.00 bits per heavy atom. The van der Waals surface area contributed by atoms with Crippen LogP contribution in [0.5, 0.6) is 0 Å². The molecule has 2 rings (SSSR count). The van der Waals surface area contributed by atoms with Crippen molar-refractivity contribution >= 4 is 33.3 Å². The molecule has 0 spiro atoms. The second-order valence-corrected chi connectivity index (χ2v) is 6.97. The number of anilines is 2. The van der Waals surface area contributed by atoms with Crippen LogP contribution in [0.3, 0.4) is 0 Å². The molecular formula is C13H20N4S. The van der Waals surface area contributed by atoms with E-state index in [0.29, 0.717) is 12.0 Å². The number of aromatic nitrogens is 2. The molecule has 2 aromatic rings. The van der Waals surface area contributed by atoms with E-state index < -0.39 is 0 Å². The Morgan fingerprint density at radius 3 is 2.61 bits per heavy atom. The number of hydrogen-bond donors (Lipinski definition) is 2. The van der Waals surface area contributed by atoms with Crippen molar-refractivity contribution in [2.24, 2.45) is 5.41 Å². The van der Waals surface area contributed by atoms with Crippen molar-refractivity contribution in [1.29, 1.82) is 0 Å². The normalized spacial score (nSPS) is 13.8. The second kappa shape index (κ2) is 4.39. The maximum atomic E-state index is 5.76. The van der Waals surface area contributed by atoms with Crippen LogP contribution in [0.1, 0.15) is 32.6 Å². The van der Waals surface area contributed by atoms with Crippen LogP contribution in [0.25, 0.3) is 10.2 Å². The second-order valence-electron chi connectivity index (χ2n) is 5.74. The summed E-state index contributed by atoms with van der Waals surface area (Å²) in [6.07, 6.45) is 0. The van der Waals surface area contributed by atoms with Gasteiger partial charge in [0, 0.05) is 10.9 Å². The molecule has 4 nitrogen and oxygen atoms in total. The number of thiophene rings is 1. The topological polar surface area (TPSA) is 63.8 Å². The average molecular weight is 264 g/mol. The van der Waals surface area contributed by atoms with Crippen LogP contribution in [-0.2, 0) is 0 Å². The van der Waals surface area contributed by atoms with Gasteiger partial charge in [-0.3, -0.25) is 0 Å². The van der Waals surface area contributed by atoms with Gasteiger partial charge in [0.05, 0.1) is 5.39 Å². The van der Waals surface area contributed by atoms with E-state index in [1.165, 1.54) is 4.88 Å². The monoisotopic (exact) mass is 264 g/mol. The van der Waals surface area contributed by atoms with Gasteiger partial charge in [-0.25, -0.2) is 4.98 Å². The molecule has 1 atom stereocenters. The highest BCUT2D eigenvalue weighted by Crippen LogP contribution is 2.31. The Morgan fingerprint density at radius 1 is 1.33 bits per heavy atom. The molecule has 1 unspecified atom stereocenters. The van der Waals surface area contributed by atoms with Gasteiger partial charge in [-0.15, -0.1) is 11.3 Å². The smallest absolute Gasteiger partial charge is 0.223 e. The minimum absolute atomic E-state index is 0.164. The standard InChI is InChI=1S/C13H20N4S/c1-7-6-9-10(15-8(2)13(3,4)5)16-12(14)17-11(9)18-7/h6,8H,1-5H3,(H3,14,15,16,17). The molecule has 0 radical (unpaired) electrons. The van der Waals surface area contributed by atoms with Crippen molar-refractivity contribution in [3.8, 4) is 0 Å². The molecule has 5 heteroatoms. The van der Waals surface area contributed by atoms with Crippen LogP contribution in [0.4, 0.5) is 11.8 Å². The summed E-state index contributed by atoms with van der Waals surface area (Å²) in [5, 5.41) is 4.51. The molecule has 0 saturated heterocycles. The Balaban J connectivity index is 2.44. The van der Waals surface area contributed by atoms with E-state index in [-0.39, 0.29) is 5.41 Å². The fourth-order valence-electron chi connectivity index (χ4n) is 1.59. The van der Waals surface area contributed by atoms with Gasteiger partial charge in [-0.05, 0) is 25.3 Å². The van der Waals surface area contributed by atoms with E-state index in [2.05, 4.69) is 56.0 Å². The maximum absolute atomic E-state index is 5.76. The summed E-state index contributed by atoms with van der Waals surface area (Å²) in [6.45, 7) is 10.8. The Hall–Kier alpha value is -1.36.